The Balaban J connectivity index is 1.54. The van der Waals surface area contributed by atoms with Crippen molar-refractivity contribution in [2.45, 2.75) is 18.4 Å². The second-order valence-corrected chi connectivity index (χ2v) is 8.00. The maximum absolute atomic E-state index is 13.1. The predicted octanol–water partition coefficient (Wildman–Crippen LogP) is 5.48. The molecule has 5 rings (SSSR count). The van der Waals surface area contributed by atoms with Gasteiger partial charge in [0.1, 0.15) is 0 Å². The molecule has 0 saturated heterocycles. The van der Waals surface area contributed by atoms with Gasteiger partial charge in [-0.1, -0.05) is 48.6 Å². The minimum absolute atomic E-state index is 0.00678. The molecule has 1 aliphatic carbocycles. The fourth-order valence-electron chi connectivity index (χ4n) is 4.75. The summed E-state index contributed by atoms with van der Waals surface area (Å²) in [5, 5.41) is 16.7. The number of anilines is 2. The van der Waals surface area contributed by atoms with Crippen LogP contribution in [0.15, 0.2) is 78.9 Å². The van der Waals surface area contributed by atoms with E-state index in [2.05, 4.69) is 28.9 Å². The number of hydrogen-bond donors (Lipinski definition) is 3. The van der Waals surface area contributed by atoms with E-state index in [1.807, 2.05) is 54.6 Å². The number of benzene rings is 3. The molecule has 0 aromatic heterocycles. The zero-order chi connectivity index (χ0) is 21.4. The van der Waals surface area contributed by atoms with Crippen LogP contribution in [0.25, 0.3) is 0 Å². The Labute approximate surface area is 181 Å². The van der Waals surface area contributed by atoms with Crippen LogP contribution in [0.2, 0.25) is 0 Å². The van der Waals surface area contributed by atoms with Crippen molar-refractivity contribution in [2.75, 3.05) is 17.7 Å². The van der Waals surface area contributed by atoms with E-state index in [0.717, 1.165) is 28.9 Å². The lowest BCUT2D eigenvalue weighted by atomic mass is 9.76. The van der Waals surface area contributed by atoms with E-state index in [1.165, 1.54) is 0 Å². The van der Waals surface area contributed by atoms with Crippen LogP contribution in [-0.2, 0) is 0 Å². The Bertz CT molecular complexity index is 1160. The molecule has 1 amide bonds. The predicted molar refractivity (Wildman–Crippen MR) is 122 cm³/mol. The van der Waals surface area contributed by atoms with Gasteiger partial charge in [0.2, 0.25) is 0 Å². The summed E-state index contributed by atoms with van der Waals surface area (Å²) in [4.78, 5) is 13.1. The lowest BCUT2D eigenvalue weighted by Crippen LogP contribution is -2.31. The monoisotopic (exact) mass is 412 g/mol. The molecule has 5 heteroatoms. The second kappa shape index (κ2) is 7.84. The summed E-state index contributed by atoms with van der Waals surface area (Å²) >= 11 is 0. The molecular formula is C26H24N2O3. The molecule has 0 fully saturated rings. The van der Waals surface area contributed by atoms with Crippen LogP contribution in [-0.4, -0.2) is 18.1 Å². The highest BCUT2D eigenvalue weighted by Crippen LogP contribution is 2.51. The van der Waals surface area contributed by atoms with Crippen LogP contribution in [0.5, 0.6) is 11.5 Å². The summed E-state index contributed by atoms with van der Waals surface area (Å²) in [6.45, 7) is 0. The maximum Gasteiger partial charge on any atom is 0.257 e. The third kappa shape index (κ3) is 3.42. The molecule has 1 aliphatic heterocycles. The number of amides is 1. The summed E-state index contributed by atoms with van der Waals surface area (Å²) in [6, 6.07) is 20.8. The smallest absolute Gasteiger partial charge is 0.257 e. The van der Waals surface area contributed by atoms with Crippen molar-refractivity contribution in [1.29, 1.82) is 0 Å². The molecule has 1 heterocycles. The van der Waals surface area contributed by atoms with Crippen LogP contribution in [0.1, 0.15) is 39.9 Å². The van der Waals surface area contributed by atoms with E-state index in [0.29, 0.717) is 17.2 Å². The lowest BCUT2D eigenvalue weighted by molar-refractivity contribution is 0.102. The van der Waals surface area contributed by atoms with Crippen molar-refractivity contribution in [2.24, 2.45) is 5.92 Å². The number of rotatable bonds is 4. The first-order valence-corrected chi connectivity index (χ1v) is 10.4. The topological polar surface area (TPSA) is 70.6 Å². The zero-order valence-corrected chi connectivity index (χ0v) is 17.2. The number of methoxy groups -OCH3 is 1. The van der Waals surface area contributed by atoms with Gasteiger partial charge in [-0.3, -0.25) is 4.79 Å². The third-order valence-electron chi connectivity index (χ3n) is 6.24. The number of carbonyl (C=O) groups is 1. The number of ether oxygens (including phenoxy) is 1. The standard InChI is InChI=1S/C26H24N2O3/c1-31-23-15-16(13-14-22(23)29)24-19-10-5-9-18(19)20-11-6-12-21(25(20)28-24)26(30)27-17-7-3-2-4-8-17/h2-9,11-15,18-19,24,28-29H,10H2,1H3,(H,27,30). The van der Waals surface area contributed by atoms with E-state index >= 15 is 0 Å². The minimum atomic E-state index is -0.141. The number of nitrogens with one attached hydrogen (secondary N) is 2. The van der Waals surface area contributed by atoms with Crippen LogP contribution in [0.4, 0.5) is 11.4 Å². The van der Waals surface area contributed by atoms with Crippen molar-refractivity contribution >= 4 is 17.3 Å². The molecule has 0 saturated carbocycles. The Morgan fingerprint density at radius 2 is 1.94 bits per heavy atom. The Hall–Kier alpha value is -3.73. The van der Waals surface area contributed by atoms with Gasteiger partial charge in [0.15, 0.2) is 11.5 Å². The van der Waals surface area contributed by atoms with Gasteiger partial charge < -0.3 is 20.5 Å². The summed E-state index contributed by atoms with van der Waals surface area (Å²) in [7, 11) is 1.55. The third-order valence-corrected chi connectivity index (χ3v) is 6.24. The first-order valence-electron chi connectivity index (χ1n) is 10.4. The molecule has 5 nitrogen and oxygen atoms in total. The summed E-state index contributed by atoms with van der Waals surface area (Å²) in [5.74, 6) is 0.979. The summed E-state index contributed by atoms with van der Waals surface area (Å²) in [6.07, 6.45) is 5.41. The molecule has 3 atom stereocenters. The van der Waals surface area contributed by atoms with E-state index in [4.69, 9.17) is 4.74 Å². The molecular weight excluding hydrogens is 388 g/mol. The number of phenols is 1. The van der Waals surface area contributed by atoms with Gasteiger partial charge in [-0.25, -0.2) is 0 Å². The molecule has 2 aliphatic rings. The highest BCUT2D eigenvalue weighted by molar-refractivity contribution is 6.08. The minimum Gasteiger partial charge on any atom is -0.504 e. The van der Waals surface area contributed by atoms with Crippen LogP contribution in [0, 0.1) is 5.92 Å². The number of phenolic OH excluding ortho intramolecular Hbond substituents is 1. The van der Waals surface area contributed by atoms with E-state index in [-0.39, 0.29) is 23.6 Å². The molecule has 0 bridgehead atoms. The second-order valence-electron chi connectivity index (χ2n) is 8.00. The SMILES string of the molecule is COc1cc(C2Nc3c(C(=O)Nc4ccccc4)cccc3C3C=CCC32)ccc1O. The van der Waals surface area contributed by atoms with Crippen molar-refractivity contribution < 1.29 is 14.6 Å². The van der Waals surface area contributed by atoms with Crippen LogP contribution in [0.3, 0.4) is 0 Å². The first-order chi connectivity index (χ1) is 15.2. The van der Waals surface area contributed by atoms with Crippen molar-refractivity contribution in [3.63, 3.8) is 0 Å². The van der Waals surface area contributed by atoms with Gasteiger partial charge in [-0.15, -0.1) is 0 Å². The molecule has 3 aromatic rings. The highest BCUT2D eigenvalue weighted by atomic mass is 16.5. The van der Waals surface area contributed by atoms with Gasteiger partial charge in [0.25, 0.3) is 5.91 Å². The maximum atomic E-state index is 13.1. The van der Waals surface area contributed by atoms with Gasteiger partial charge >= 0.3 is 0 Å². The fraction of sp³-hybridized carbons (Fsp3) is 0.192. The number of aromatic hydroxyl groups is 1. The first kappa shape index (κ1) is 19.2. The number of para-hydroxylation sites is 2. The number of carbonyl (C=O) groups excluding carboxylic acids is 1. The Morgan fingerprint density at radius 3 is 2.74 bits per heavy atom. The van der Waals surface area contributed by atoms with E-state index < -0.39 is 0 Å². The molecule has 3 N–H and O–H groups in total. The van der Waals surface area contributed by atoms with Gasteiger partial charge in [0.05, 0.1) is 24.4 Å². The van der Waals surface area contributed by atoms with E-state index in [9.17, 15) is 9.90 Å². The van der Waals surface area contributed by atoms with Crippen LogP contribution < -0.4 is 15.4 Å². The molecule has 156 valence electrons. The van der Waals surface area contributed by atoms with Gasteiger partial charge in [-0.2, -0.15) is 0 Å². The Kier molecular flexibility index (Phi) is 4.86. The van der Waals surface area contributed by atoms with Crippen molar-refractivity contribution in [3.8, 4) is 11.5 Å². The average Bonchev–Trinajstić information content (AvgIpc) is 3.29. The summed E-state index contributed by atoms with van der Waals surface area (Å²) in [5.41, 5.74) is 4.41. The van der Waals surface area contributed by atoms with Gasteiger partial charge in [0, 0.05) is 11.6 Å². The number of allylic oxidation sites excluding steroid dienone is 2. The molecule has 0 radical (unpaired) electrons. The number of hydrogen-bond acceptors (Lipinski definition) is 4. The molecule has 3 aromatic carbocycles. The van der Waals surface area contributed by atoms with Crippen LogP contribution >= 0.6 is 0 Å². The average molecular weight is 412 g/mol. The highest BCUT2D eigenvalue weighted by Gasteiger charge is 2.39. The number of fused-ring (bicyclic) bond motifs is 3. The normalized spacial score (nSPS) is 21.0. The summed E-state index contributed by atoms with van der Waals surface area (Å²) < 4.78 is 5.33. The zero-order valence-electron chi connectivity index (χ0n) is 17.2. The quantitative estimate of drug-likeness (QED) is 0.496. The molecule has 31 heavy (non-hydrogen) atoms. The lowest BCUT2D eigenvalue weighted by Gasteiger charge is -2.38. The van der Waals surface area contributed by atoms with E-state index in [1.54, 1.807) is 13.2 Å². The van der Waals surface area contributed by atoms with Crippen molar-refractivity contribution in [1.82, 2.24) is 0 Å². The fourth-order valence-corrected chi connectivity index (χ4v) is 4.75. The van der Waals surface area contributed by atoms with Crippen molar-refractivity contribution in [3.05, 3.63) is 95.6 Å². The van der Waals surface area contributed by atoms with Gasteiger partial charge in [-0.05, 0) is 53.8 Å². The largest absolute Gasteiger partial charge is 0.504 e. The molecule has 3 unspecified atom stereocenters. The Morgan fingerprint density at radius 1 is 1.10 bits per heavy atom. The molecule has 0 spiro atoms.